The van der Waals surface area contributed by atoms with E-state index in [0.29, 0.717) is 24.6 Å². The van der Waals surface area contributed by atoms with E-state index < -0.39 is 6.36 Å². The van der Waals surface area contributed by atoms with Gasteiger partial charge in [0.15, 0.2) is 5.65 Å². The van der Waals surface area contributed by atoms with Gasteiger partial charge in [-0.05, 0) is 88.6 Å². The van der Waals surface area contributed by atoms with Crippen molar-refractivity contribution in [1.82, 2.24) is 14.7 Å². The Labute approximate surface area is 232 Å². The first kappa shape index (κ1) is 27.1. The summed E-state index contributed by atoms with van der Waals surface area (Å²) in [5.74, 6) is -0.0667. The summed E-state index contributed by atoms with van der Waals surface area (Å²) in [6.45, 7) is 4.09. The molecule has 2 aromatic heterocycles. The summed E-state index contributed by atoms with van der Waals surface area (Å²) in [6.07, 6.45) is -0.366. The number of rotatable bonds is 7. The number of ether oxygens (including phenoxy) is 1. The molecular formula is C29H28BrF3N4O2. The summed E-state index contributed by atoms with van der Waals surface area (Å²) in [5.41, 5.74) is 5.16. The van der Waals surface area contributed by atoms with Crippen LogP contribution in [0.3, 0.4) is 0 Å². The zero-order valence-electron chi connectivity index (χ0n) is 21.3. The summed E-state index contributed by atoms with van der Waals surface area (Å²) >= 11 is 3.51. The molecule has 0 aliphatic carbocycles. The molecule has 0 atom stereocenters. The number of aryl methyl sites for hydroxylation is 1. The Kier molecular flexibility index (Phi) is 7.83. The van der Waals surface area contributed by atoms with Gasteiger partial charge < -0.3 is 15.0 Å². The molecule has 5 rings (SSSR count). The number of fused-ring (bicyclic) bond motifs is 1. The molecular weight excluding hydrogens is 573 g/mol. The SMILES string of the molecule is CCc1nc2c(Br)cccn2c1C(=O)NCc1ccc(N2CCC(c3ccc(OC(F)(F)F)cc3)CC2)cc1. The van der Waals surface area contributed by atoms with Gasteiger partial charge in [0.25, 0.3) is 5.91 Å². The summed E-state index contributed by atoms with van der Waals surface area (Å²) < 4.78 is 43.8. The molecule has 1 fully saturated rings. The predicted molar refractivity (Wildman–Crippen MR) is 147 cm³/mol. The fourth-order valence-corrected chi connectivity index (χ4v) is 5.50. The maximum Gasteiger partial charge on any atom is 0.573 e. The van der Waals surface area contributed by atoms with E-state index in [4.69, 9.17) is 0 Å². The molecule has 1 aliphatic rings. The van der Waals surface area contributed by atoms with Crippen molar-refractivity contribution in [2.75, 3.05) is 18.0 Å². The zero-order valence-corrected chi connectivity index (χ0v) is 22.9. The van der Waals surface area contributed by atoms with Gasteiger partial charge in [0.1, 0.15) is 11.4 Å². The number of imidazole rings is 1. The van der Waals surface area contributed by atoms with Crippen LogP contribution < -0.4 is 15.0 Å². The molecule has 0 saturated carbocycles. The van der Waals surface area contributed by atoms with Crippen LogP contribution in [0.1, 0.15) is 53.0 Å². The molecule has 39 heavy (non-hydrogen) atoms. The number of carbonyl (C=O) groups excluding carboxylic acids is 1. The highest BCUT2D eigenvalue weighted by Gasteiger charge is 2.31. The third kappa shape index (κ3) is 6.21. The van der Waals surface area contributed by atoms with E-state index in [1.807, 2.05) is 41.8 Å². The van der Waals surface area contributed by atoms with Crippen LogP contribution in [0.5, 0.6) is 5.75 Å². The highest BCUT2D eigenvalue weighted by atomic mass is 79.9. The number of nitrogens with zero attached hydrogens (tertiary/aromatic N) is 3. The third-order valence-electron chi connectivity index (χ3n) is 7.06. The summed E-state index contributed by atoms with van der Waals surface area (Å²) in [5, 5.41) is 3.03. The largest absolute Gasteiger partial charge is 0.573 e. The lowest BCUT2D eigenvalue weighted by molar-refractivity contribution is -0.274. The molecule has 10 heteroatoms. The number of pyridine rings is 1. The molecule has 4 aromatic rings. The minimum absolute atomic E-state index is 0.165. The molecule has 0 spiro atoms. The highest BCUT2D eigenvalue weighted by Crippen LogP contribution is 2.32. The van der Waals surface area contributed by atoms with E-state index >= 15 is 0 Å². The normalized spacial score (nSPS) is 14.5. The maximum absolute atomic E-state index is 13.1. The number of anilines is 1. The summed E-state index contributed by atoms with van der Waals surface area (Å²) in [7, 11) is 0. The zero-order chi connectivity index (χ0) is 27.6. The Morgan fingerprint density at radius 3 is 2.41 bits per heavy atom. The Hall–Kier alpha value is -3.53. The van der Waals surface area contributed by atoms with Gasteiger partial charge in [-0.15, -0.1) is 13.2 Å². The molecule has 0 bridgehead atoms. The number of piperidine rings is 1. The van der Waals surface area contributed by atoms with E-state index in [1.54, 1.807) is 12.1 Å². The van der Waals surface area contributed by atoms with Crippen molar-refractivity contribution in [2.24, 2.45) is 0 Å². The molecule has 1 N–H and O–H groups in total. The van der Waals surface area contributed by atoms with Crippen molar-refractivity contribution in [1.29, 1.82) is 0 Å². The van der Waals surface area contributed by atoms with Gasteiger partial charge in [-0.1, -0.05) is 31.2 Å². The van der Waals surface area contributed by atoms with Gasteiger partial charge in [0, 0.05) is 31.5 Å². The van der Waals surface area contributed by atoms with Gasteiger partial charge >= 0.3 is 6.36 Å². The van der Waals surface area contributed by atoms with Gasteiger partial charge in [-0.25, -0.2) is 4.98 Å². The first-order valence-corrected chi connectivity index (χ1v) is 13.6. The van der Waals surface area contributed by atoms with Gasteiger partial charge in [0.05, 0.1) is 10.2 Å². The standard InChI is InChI=1S/C29H28BrF3N4O2/c1-2-25-26(37-15-3-4-24(30)27(37)35-25)28(38)34-18-19-5-9-22(10-6-19)36-16-13-21(14-17-36)20-7-11-23(12-8-20)39-29(31,32)33/h3-12,15,21H,2,13-14,16-18H2,1H3,(H,34,38). The molecule has 2 aromatic carbocycles. The van der Waals surface area contributed by atoms with Crippen LogP contribution in [-0.2, 0) is 13.0 Å². The quantitative estimate of drug-likeness (QED) is 0.251. The number of halogens is 4. The van der Waals surface area contributed by atoms with Gasteiger partial charge in [-0.3, -0.25) is 9.20 Å². The van der Waals surface area contributed by atoms with Crippen molar-refractivity contribution in [2.45, 2.75) is 45.0 Å². The van der Waals surface area contributed by atoms with Gasteiger partial charge in [0.2, 0.25) is 0 Å². The average Bonchev–Trinajstić information content (AvgIpc) is 3.32. The second-order valence-corrected chi connectivity index (χ2v) is 10.4. The fourth-order valence-electron chi connectivity index (χ4n) is 5.07. The van der Waals surface area contributed by atoms with Crippen LogP contribution in [0.15, 0.2) is 71.3 Å². The van der Waals surface area contributed by atoms with Crippen LogP contribution in [0.2, 0.25) is 0 Å². The molecule has 1 aliphatic heterocycles. The predicted octanol–water partition coefficient (Wildman–Crippen LogP) is 6.87. The Morgan fingerprint density at radius 1 is 1.08 bits per heavy atom. The number of carbonyl (C=O) groups is 1. The van der Waals surface area contributed by atoms with E-state index in [2.05, 4.69) is 48.0 Å². The molecule has 204 valence electrons. The van der Waals surface area contributed by atoms with Crippen molar-refractivity contribution in [3.05, 3.63) is 93.8 Å². The maximum atomic E-state index is 13.1. The van der Waals surface area contributed by atoms with Crippen LogP contribution in [0, 0.1) is 0 Å². The number of hydrogen-bond acceptors (Lipinski definition) is 4. The first-order valence-electron chi connectivity index (χ1n) is 12.8. The summed E-state index contributed by atoms with van der Waals surface area (Å²) in [4.78, 5) is 20.0. The Bertz CT molecular complexity index is 1440. The lowest BCUT2D eigenvalue weighted by Gasteiger charge is -2.34. The Morgan fingerprint density at radius 2 is 1.77 bits per heavy atom. The van der Waals surface area contributed by atoms with E-state index in [9.17, 15) is 18.0 Å². The third-order valence-corrected chi connectivity index (χ3v) is 7.68. The Balaban J connectivity index is 1.16. The van der Waals surface area contributed by atoms with Crippen LogP contribution in [0.4, 0.5) is 18.9 Å². The van der Waals surface area contributed by atoms with Crippen LogP contribution >= 0.6 is 15.9 Å². The smallest absolute Gasteiger partial charge is 0.406 e. The molecule has 0 radical (unpaired) electrons. The highest BCUT2D eigenvalue weighted by molar-refractivity contribution is 9.10. The van der Waals surface area contributed by atoms with Crippen molar-refractivity contribution in [3.8, 4) is 5.75 Å². The fraction of sp³-hybridized carbons (Fsp3) is 0.310. The first-order chi connectivity index (χ1) is 18.7. The minimum atomic E-state index is -4.68. The molecule has 3 heterocycles. The number of hydrogen-bond donors (Lipinski definition) is 1. The number of nitrogens with one attached hydrogen (secondary N) is 1. The number of aromatic nitrogens is 2. The van der Waals surface area contributed by atoms with Crippen molar-refractivity contribution >= 4 is 33.2 Å². The lowest BCUT2D eigenvalue weighted by atomic mass is 9.89. The molecule has 1 amide bonds. The lowest BCUT2D eigenvalue weighted by Crippen LogP contribution is -2.32. The monoisotopic (exact) mass is 600 g/mol. The number of amides is 1. The van der Waals surface area contributed by atoms with Crippen LogP contribution in [-0.4, -0.2) is 34.7 Å². The topological polar surface area (TPSA) is 58.9 Å². The summed E-state index contributed by atoms with van der Waals surface area (Å²) in [6, 6.07) is 18.1. The molecule has 6 nitrogen and oxygen atoms in total. The van der Waals surface area contributed by atoms with Gasteiger partial charge in [-0.2, -0.15) is 0 Å². The second-order valence-electron chi connectivity index (χ2n) is 9.54. The van der Waals surface area contributed by atoms with E-state index in [-0.39, 0.29) is 11.7 Å². The van der Waals surface area contributed by atoms with Crippen molar-refractivity contribution in [3.63, 3.8) is 0 Å². The van der Waals surface area contributed by atoms with E-state index in [0.717, 1.165) is 58.6 Å². The molecule has 0 unspecified atom stereocenters. The number of benzene rings is 2. The van der Waals surface area contributed by atoms with Crippen molar-refractivity contribution < 1.29 is 22.7 Å². The minimum Gasteiger partial charge on any atom is -0.406 e. The molecule has 1 saturated heterocycles. The number of alkyl halides is 3. The van der Waals surface area contributed by atoms with Crippen LogP contribution in [0.25, 0.3) is 5.65 Å². The van der Waals surface area contributed by atoms with E-state index in [1.165, 1.54) is 12.1 Å². The average molecular weight is 601 g/mol. The second kappa shape index (κ2) is 11.3.